The third-order valence-corrected chi connectivity index (χ3v) is 3.55. The van der Waals surface area contributed by atoms with Crippen LogP contribution in [0.4, 0.5) is 0 Å². The minimum Gasteiger partial charge on any atom is -0.350 e. The number of hydrogen-bond donors (Lipinski definition) is 1. The Morgan fingerprint density at radius 2 is 2.43 bits per heavy atom. The van der Waals surface area contributed by atoms with Crippen LogP contribution in [0.2, 0.25) is 5.02 Å². The number of hydrogen-bond acceptors (Lipinski definition) is 2. The number of carbonyl (C=O) groups excluding carboxylic acids is 1. The Morgan fingerprint density at radius 3 is 2.93 bits per heavy atom. The van der Waals surface area contributed by atoms with Gasteiger partial charge in [0.25, 0.3) is 5.91 Å². The third kappa shape index (κ3) is 3.15. The maximum Gasteiger partial charge on any atom is 0.262 e. The fraction of sp³-hybridized carbons (Fsp3) is 0.444. The second-order valence-electron chi connectivity index (χ2n) is 2.81. The summed E-state index contributed by atoms with van der Waals surface area (Å²) in [4.78, 5) is 12.1. The van der Waals surface area contributed by atoms with E-state index in [4.69, 9.17) is 23.2 Å². The molecule has 0 aromatic carbocycles. The van der Waals surface area contributed by atoms with Crippen molar-refractivity contribution < 1.29 is 4.79 Å². The first-order valence-corrected chi connectivity index (χ1v) is 5.99. The lowest BCUT2D eigenvalue weighted by Crippen LogP contribution is -2.28. The Kier molecular flexibility index (Phi) is 4.72. The molecule has 0 saturated carbocycles. The summed E-state index contributed by atoms with van der Waals surface area (Å²) in [5.74, 6) is -0.149. The molecule has 0 aliphatic carbocycles. The molecule has 5 heteroatoms. The van der Waals surface area contributed by atoms with Crippen molar-refractivity contribution in [1.82, 2.24) is 5.32 Å². The van der Waals surface area contributed by atoms with E-state index < -0.39 is 0 Å². The zero-order chi connectivity index (χ0) is 10.6. The Balaban J connectivity index is 2.47. The summed E-state index contributed by atoms with van der Waals surface area (Å²) in [5.41, 5.74) is 0. The van der Waals surface area contributed by atoms with Crippen LogP contribution in [0.3, 0.4) is 0 Å². The highest BCUT2D eigenvalue weighted by atomic mass is 35.5. The van der Waals surface area contributed by atoms with E-state index in [1.165, 1.54) is 11.3 Å². The van der Waals surface area contributed by atoms with Crippen LogP contribution in [-0.2, 0) is 0 Å². The van der Waals surface area contributed by atoms with Gasteiger partial charge < -0.3 is 5.32 Å². The van der Waals surface area contributed by atoms with Gasteiger partial charge in [0.2, 0.25) is 0 Å². The molecule has 0 saturated heterocycles. The van der Waals surface area contributed by atoms with Gasteiger partial charge in [0.1, 0.15) is 4.88 Å². The number of amides is 1. The standard InChI is InChI=1S/C9H11Cl2NOS/c1-2-6(10)5-12-9(13)8-7(11)3-4-14-8/h3-4,6H,2,5H2,1H3,(H,12,13). The van der Waals surface area contributed by atoms with E-state index in [0.29, 0.717) is 16.4 Å². The van der Waals surface area contributed by atoms with Gasteiger partial charge in [-0.15, -0.1) is 22.9 Å². The lowest BCUT2D eigenvalue weighted by atomic mass is 10.3. The van der Waals surface area contributed by atoms with E-state index in [0.717, 1.165) is 6.42 Å². The zero-order valence-electron chi connectivity index (χ0n) is 7.72. The van der Waals surface area contributed by atoms with Crippen LogP contribution in [0.15, 0.2) is 11.4 Å². The Labute approximate surface area is 97.2 Å². The number of alkyl halides is 1. The first kappa shape index (κ1) is 11.8. The van der Waals surface area contributed by atoms with Gasteiger partial charge in [-0.1, -0.05) is 18.5 Å². The molecule has 2 nitrogen and oxygen atoms in total. The largest absolute Gasteiger partial charge is 0.350 e. The molecule has 1 atom stereocenters. The van der Waals surface area contributed by atoms with Gasteiger partial charge in [0.05, 0.1) is 10.4 Å². The quantitative estimate of drug-likeness (QED) is 0.819. The van der Waals surface area contributed by atoms with Crippen molar-refractivity contribution in [2.75, 3.05) is 6.54 Å². The minimum absolute atomic E-state index is 0.0160. The molecule has 78 valence electrons. The van der Waals surface area contributed by atoms with Gasteiger partial charge >= 0.3 is 0 Å². The summed E-state index contributed by atoms with van der Waals surface area (Å²) in [6.45, 7) is 2.45. The average Bonchev–Trinajstić information content (AvgIpc) is 2.60. The summed E-state index contributed by atoms with van der Waals surface area (Å²) >= 11 is 13.0. The molecule has 1 unspecified atom stereocenters. The van der Waals surface area contributed by atoms with Crippen LogP contribution < -0.4 is 5.32 Å². The predicted molar refractivity (Wildman–Crippen MR) is 61.6 cm³/mol. The van der Waals surface area contributed by atoms with Crippen molar-refractivity contribution >= 4 is 40.4 Å². The van der Waals surface area contributed by atoms with Crippen molar-refractivity contribution in [2.24, 2.45) is 0 Å². The van der Waals surface area contributed by atoms with Gasteiger partial charge in [-0.2, -0.15) is 0 Å². The van der Waals surface area contributed by atoms with Gasteiger partial charge in [0.15, 0.2) is 0 Å². The smallest absolute Gasteiger partial charge is 0.262 e. The number of nitrogens with one attached hydrogen (secondary N) is 1. The molecule has 1 aromatic rings. The molecule has 1 aromatic heterocycles. The maximum absolute atomic E-state index is 11.5. The van der Waals surface area contributed by atoms with Crippen molar-refractivity contribution in [1.29, 1.82) is 0 Å². The van der Waals surface area contributed by atoms with E-state index >= 15 is 0 Å². The highest BCUT2D eigenvalue weighted by Gasteiger charge is 2.12. The zero-order valence-corrected chi connectivity index (χ0v) is 10.0. The van der Waals surface area contributed by atoms with Crippen LogP contribution in [0.1, 0.15) is 23.0 Å². The molecule has 14 heavy (non-hydrogen) atoms. The number of thiophene rings is 1. The molecule has 0 spiro atoms. The molecule has 0 radical (unpaired) electrons. The van der Waals surface area contributed by atoms with Gasteiger partial charge in [-0.05, 0) is 17.9 Å². The molecule has 1 N–H and O–H groups in total. The van der Waals surface area contributed by atoms with E-state index in [9.17, 15) is 4.79 Å². The highest BCUT2D eigenvalue weighted by Crippen LogP contribution is 2.21. The van der Waals surface area contributed by atoms with Crippen molar-refractivity contribution in [2.45, 2.75) is 18.7 Å². The number of carbonyl (C=O) groups is 1. The Bertz CT molecular complexity index is 314. The molecule has 0 bridgehead atoms. The molecule has 0 aliphatic heterocycles. The predicted octanol–water partition coefficient (Wildman–Crippen LogP) is 3.15. The topological polar surface area (TPSA) is 29.1 Å². The lowest BCUT2D eigenvalue weighted by molar-refractivity contribution is 0.0957. The lowest BCUT2D eigenvalue weighted by Gasteiger charge is -2.07. The summed E-state index contributed by atoms with van der Waals surface area (Å²) in [7, 11) is 0. The molecule has 1 heterocycles. The SMILES string of the molecule is CCC(Cl)CNC(=O)c1sccc1Cl. The summed E-state index contributed by atoms with van der Waals surface area (Å²) < 4.78 is 0. The summed E-state index contributed by atoms with van der Waals surface area (Å²) in [6.07, 6.45) is 0.833. The number of rotatable bonds is 4. The fourth-order valence-electron chi connectivity index (χ4n) is 0.884. The van der Waals surface area contributed by atoms with E-state index in [-0.39, 0.29) is 11.3 Å². The van der Waals surface area contributed by atoms with E-state index in [1.54, 1.807) is 11.4 Å². The van der Waals surface area contributed by atoms with Crippen molar-refractivity contribution in [3.8, 4) is 0 Å². The normalized spacial score (nSPS) is 12.5. The van der Waals surface area contributed by atoms with Crippen LogP contribution >= 0.6 is 34.5 Å². The Hall–Kier alpha value is -0.250. The summed E-state index contributed by atoms with van der Waals surface area (Å²) in [5, 5.41) is 5.00. The second-order valence-corrected chi connectivity index (χ2v) is 4.75. The molecule has 1 amide bonds. The molecule has 1 rings (SSSR count). The van der Waals surface area contributed by atoms with Crippen LogP contribution in [-0.4, -0.2) is 17.8 Å². The third-order valence-electron chi connectivity index (χ3n) is 1.75. The molecular formula is C9H11Cl2NOS. The van der Waals surface area contributed by atoms with Gasteiger partial charge in [0, 0.05) is 6.54 Å². The van der Waals surface area contributed by atoms with Gasteiger partial charge in [-0.25, -0.2) is 0 Å². The summed E-state index contributed by atoms with van der Waals surface area (Å²) in [6, 6.07) is 1.71. The van der Waals surface area contributed by atoms with Crippen LogP contribution in [0.5, 0.6) is 0 Å². The van der Waals surface area contributed by atoms with E-state index in [2.05, 4.69) is 5.32 Å². The van der Waals surface area contributed by atoms with Crippen LogP contribution in [0, 0.1) is 0 Å². The van der Waals surface area contributed by atoms with Gasteiger partial charge in [-0.3, -0.25) is 4.79 Å². The van der Waals surface area contributed by atoms with Crippen LogP contribution in [0.25, 0.3) is 0 Å². The van der Waals surface area contributed by atoms with Crippen molar-refractivity contribution in [3.63, 3.8) is 0 Å². The monoisotopic (exact) mass is 251 g/mol. The highest BCUT2D eigenvalue weighted by molar-refractivity contribution is 7.12. The van der Waals surface area contributed by atoms with Crippen molar-refractivity contribution in [3.05, 3.63) is 21.3 Å². The molecule has 0 fully saturated rings. The molecule has 0 aliphatic rings. The fourth-order valence-corrected chi connectivity index (χ4v) is 2.02. The maximum atomic E-state index is 11.5. The number of halogens is 2. The van der Waals surface area contributed by atoms with E-state index in [1.807, 2.05) is 6.92 Å². The molecular weight excluding hydrogens is 241 g/mol. The minimum atomic E-state index is -0.149. The average molecular weight is 252 g/mol. The second kappa shape index (κ2) is 5.59. The first-order valence-electron chi connectivity index (χ1n) is 4.30. The Morgan fingerprint density at radius 1 is 1.71 bits per heavy atom. The first-order chi connectivity index (χ1) is 6.65.